The van der Waals surface area contributed by atoms with Gasteiger partial charge in [0, 0.05) is 22.8 Å². The minimum atomic E-state index is 0.907. The van der Waals surface area contributed by atoms with Crippen molar-refractivity contribution >= 4 is 11.0 Å². The molecule has 0 radical (unpaired) electrons. The number of benzene rings is 4. The minimum absolute atomic E-state index is 0.907. The van der Waals surface area contributed by atoms with Gasteiger partial charge in [-0.3, -0.25) is 0 Å². The van der Waals surface area contributed by atoms with E-state index in [1.54, 1.807) is 0 Å². The number of hydrogen-bond donors (Lipinski definition) is 0. The molecule has 172 valence electrons. The second-order valence-corrected chi connectivity index (χ2v) is 9.72. The second-order valence-electron chi connectivity index (χ2n) is 9.72. The van der Waals surface area contributed by atoms with Crippen molar-refractivity contribution in [2.45, 2.75) is 13.8 Å². The number of aryl methyl sites for hydroxylation is 3. The van der Waals surface area contributed by atoms with E-state index in [9.17, 15) is 0 Å². The van der Waals surface area contributed by atoms with E-state index in [2.05, 4.69) is 129 Å². The lowest BCUT2D eigenvalue weighted by molar-refractivity contribution is -0.659. The first-order valence-corrected chi connectivity index (χ1v) is 12.4. The average Bonchev–Trinajstić information content (AvgIpc) is 3.27. The topological polar surface area (TPSA) is 17.0 Å². The third-order valence-corrected chi connectivity index (χ3v) is 7.58. The Bertz CT molecular complexity index is 1820. The molecule has 0 amide bonds. The van der Waals surface area contributed by atoms with Crippen molar-refractivity contribution in [2.24, 2.45) is 7.05 Å². The fourth-order valence-electron chi connectivity index (χ4n) is 5.93. The van der Waals surface area contributed by atoms with Gasteiger partial charge in [0.2, 0.25) is 5.69 Å². The van der Waals surface area contributed by atoms with Gasteiger partial charge >= 0.3 is 0 Å². The summed E-state index contributed by atoms with van der Waals surface area (Å²) in [6.07, 6.45) is 2.11. The third-order valence-electron chi connectivity index (χ3n) is 7.58. The first-order valence-electron chi connectivity index (χ1n) is 12.4. The number of furan rings is 1. The van der Waals surface area contributed by atoms with Crippen LogP contribution in [0.15, 0.2) is 108 Å². The Morgan fingerprint density at radius 2 is 1.11 bits per heavy atom. The highest BCUT2D eigenvalue weighted by Gasteiger charge is 2.31. The smallest absolute Gasteiger partial charge is 0.224 e. The summed E-state index contributed by atoms with van der Waals surface area (Å²) < 4.78 is 9.04. The molecular formula is C34H26NO+. The van der Waals surface area contributed by atoms with Gasteiger partial charge < -0.3 is 4.42 Å². The van der Waals surface area contributed by atoms with Gasteiger partial charge in [0.1, 0.15) is 23.8 Å². The van der Waals surface area contributed by atoms with Gasteiger partial charge in [0.15, 0.2) is 6.20 Å². The summed E-state index contributed by atoms with van der Waals surface area (Å²) in [7, 11) is 2.13. The lowest BCUT2D eigenvalue weighted by atomic mass is 9.81. The molecule has 36 heavy (non-hydrogen) atoms. The van der Waals surface area contributed by atoms with Gasteiger partial charge in [-0.15, -0.1) is 0 Å². The van der Waals surface area contributed by atoms with Crippen molar-refractivity contribution < 1.29 is 8.98 Å². The lowest BCUT2D eigenvalue weighted by Gasteiger charge is -2.21. The zero-order valence-electron chi connectivity index (χ0n) is 20.7. The van der Waals surface area contributed by atoms with Gasteiger partial charge in [-0.1, -0.05) is 84.9 Å². The fraction of sp³-hybridized carbons (Fsp3) is 0.0882. The van der Waals surface area contributed by atoms with Gasteiger partial charge in [-0.05, 0) is 58.9 Å². The number of hydrogen-bond acceptors (Lipinski definition) is 1. The highest BCUT2D eigenvalue weighted by atomic mass is 16.3. The van der Waals surface area contributed by atoms with Crippen molar-refractivity contribution in [1.29, 1.82) is 0 Å². The third kappa shape index (κ3) is 2.88. The summed E-state index contributed by atoms with van der Waals surface area (Å²) in [5.74, 6) is 0.933. The van der Waals surface area contributed by atoms with E-state index in [1.807, 2.05) is 0 Å². The highest BCUT2D eigenvalue weighted by Crippen LogP contribution is 2.52. The van der Waals surface area contributed by atoms with E-state index < -0.39 is 0 Å². The SMILES string of the molecule is Cc1ccccc1-c1c2c3c(oc2cc[n+]1C)-c1ccccc1-c1ccccc1-c1c(C)cccc1-3. The van der Waals surface area contributed by atoms with Crippen LogP contribution in [-0.2, 0) is 7.05 Å². The standard InChI is InChI=1S/C34H26NO/c1-21-11-4-5-13-23(21)33-32-29(19-20-35(33)3)36-34-27-17-9-7-15-25(27)24-14-6-8-16-26(24)30-22(2)12-10-18-28(30)31(32)34/h4-20H,1-3H3/q+1. The quantitative estimate of drug-likeness (QED) is 0.223. The molecule has 0 N–H and O–H groups in total. The van der Waals surface area contributed by atoms with Crippen LogP contribution in [0.1, 0.15) is 11.1 Å². The van der Waals surface area contributed by atoms with Crippen LogP contribution in [-0.4, -0.2) is 0 Å². The average molecular weight is 465 g/mol. The Hall–Kier alpha value is -4.43. The molecule has 0 bridgehead atoms. The first-order chi connectivity index (χ1) is 17.6. The summed E-state index contributed by atoms with van der Waals surface area (Å²) in [6, 6.07) is 34.8. The van der Waals surface area contributed by atoms with E-state index in [1.165, 1.54) is 55.8 Å². The Balaban J connectivity index is 1.74. The largest absolute Gasteiger partial charge is 0.455 e. The van der Waals surface area contributed by atoms with Crippen LogP contribution in [0.5, 0.6) is 0 Å². The number of nitrogens with zero attached hydrogens (tertiary/aromatic N) is 1. The molecule has 7 rings (SSSR count). The van der Waals surface area contributed by atoms with E-state index >= 15 is 0 Å². The monoisotopic (exact) mass is 464 g/mol. The molecule has 4 aromatic carbocycles. The summed E-state index contributed by atoms with van der Waals surface area (Å²) in [6.45, 7) is 4.40. The molecule has 2 heterocycles. The number of rotatable bonds is 1. The second kappa shape index (κ2) is 7.79. The first kappa shape index (κ1) is 20.9. The van der Waals surface area contributed by atoms with E-state index in [0.717, 1.165) is 22.3 Å². The maximum atomic E-state index is 6.81. The predicted molar refractivity (Wildman–Crippen MR) is 148 cm³/mol. The molecule has 0 saturated carbocycles. The summed E-state index contributed by atoms with van der Waals surface area (Å²) in [5.41, 5.74) is 14.3. The molecular weight excluding hydrogens is 438 g/mol. The van der Waals surface area contributed by atoms with Crippen LogP contribution in [0.4, 0.5) is 0 Å². The molecule has 0 fully saturated rings. The van der Waals surface area contributed by atoms with Crippen LogP contribution in [0.2, 0.25) is 0 Å². The molecule has 0 saturated heterocycles. The minimum Gasteiger partial charge on any atom is -0.455 e. The van der Waals surface area contributed by atoms with E-state index in [4.69, 9.17) is 4.42 Å². The van der Waals surface area contributed by atoms with Gasteiger partial charge in [0.05, 0.1) is 0 Å². The molecule has 0 unspecified atom stereocenters. The van der Waals surface area contributed by atoms with Crippen molar-refractivity contribution in [2.75, 3.05) is 0 Å². The molecule has 6 aromatic rings. The van der Waals surface area contributed by atoms with Crippen LogP contribution in [0.3, 0.4) is 0 Å². The van der Waals surface area contributed by atoms with Crippen LogP contribution in [0.25, 0.3) is 66.9 Å². The zero-order valence-corrected chi connectivity index (χ0v) is 20.7. The molecule has 0 aliphatic heterocycles. The maximum Gasteiger partial charge on any atom is 0.224 e. The Morgan fingerprint density at radius 1 is 0.528 bits per heavy atom. The van der Waals surface area contributed by atoms with Gasteiger partial charge in [-0.25, -0.2) is 4.57 Å². The zero-order chi connectivity index (χ0) is 24.4. The van der Waals surface area contributed by atoms with Crippen LogP contribution < -0.4 is 4.57 Å². The van der Waals surface area contributed by atoms with Crippen LogP contribution >= 0.6 is 0 Å². The van der Waals surface area contributed by atoms with Crippen molar-refractivity contribution in [1.82, 2.24) is 0 Å². The maximum absolute atomic E-state index is 6.81. The van der Waals surface area contributed by atoms with E-state index in [0.29, 0.717) is 0 Å². The van der Waals surface area contributed by atoms with Crippen LogP contribution in [0, 0.1) is 13.8 Å². The normalized spacial score (nSPS) is 11.8. The molecule has 1 aliphatic carbocycles. The van der Waals surface area contributed by atoms with Crippen molar-refractivity contribution in [3.8, 4) is 56.0 Å². The molecule has 0 spiro atoms. The Labute approximate surface area is 211 Å². The fourth-order valence-corrected chi connectivity index (χ4v) is 5.93. The Morgan fingerprint density at radius 3 is 1.86 bits per heavy atom. The van der Waals surface area contributed by atoms with Gasteiger partial charge in [0.25, 0.3) is 0 Å². The molecule has 1 aliphatic rings. The van der Waals surface area contributed by atoms with Crippen molar-refractivity contribution in [3.63, 3.8) is 0 Å². The molecule has 2 heteroatoms. The summed E-state index contributed by atoms with van der Waals surface area (Å²) >= 11 is 0. The molecule has 0 atom stereocenters. The Kier molecular flexibility index (Phi) is 4.52. The van der Waals surface area contributed by atoms with Gasteiger partial charge in [-0.2, -0.15) is 0 Å². The molecule has 2 nitrogen and oxygen atoms in total. The number of aromatic nitrogens is 1. The number of fused-ring (bicyclic) bond motifs is 10. The highest BCUT2D eigenvalue weighted by molar-refractivity contribution is 6.13. The van der Waals surface area contributed by atoms with Crippen molar-refractivity contribution in [3.05, 3.63) is 114 Å². The number of pyridine rings is 1. The molecule has 2 aromatic heterocycles. The van der Waals surface area contributed by atoms with E-state index in [-0.39, 0.29) is 0 Å². The summed E-state index contributed by atoms with van der Waals surface area (Å²) in [4.78, 5) is 0. The lowest BCUT2D eigenvalue weighted by Crippen LogP contribution is -2.30. The predicted octanol–water partition coefficient (Wildman–Crippen LogP) is 8.52. The summed E-state index contributed by atoms with van der Waals surface area (Å²) in [5, 5.41) is 1.16.